The van der Waals surface area contributed by atoms with E-state index in [1.54, 1.807) is 54.6 Å². The summed E-state index contributed by atoms with van der Waals surface area (Å²) in [5.74, 6) is -0.898. The summed E-state index contributed by atoms with van der Waals surface area (Å²) in [6.07, 6.45) is 3.78. The quantitative estimate of drug-likeness (QED) is 0.101. The van der Waals surface area contributed by atoms with E-state index < -0.39 is 28.5 Å². The lowest BCUT2D eigenvalue weighted by Gasteiger charge is -2.34. The van der Waals surface area contributed by atoms with Crippen molar-refractivity contribution in [1.82, 2.24) is 10.2 Å². The van der Waals surface area contributed by atoms with Gasteiger partial charge in [0.2, 0.25) is 11.8 Å². The Labute approximate surface area is 292 Å². The van der Waals surface area contributed by atoms with Crippen LogP contribution in [0.15, 0.2) is 107 Å². The molecule has 0 aliphatic heterocycles. The average Bonchev–Trinajstić information content (AvgIpc) is 3.07. The molecule has 0 spiro atoms. The molecule has 2 amide bonds. The van der Waals surface area contributed by atoms with Crippen molar-refractivity contribution < 1.29 is 18.0 Å². The number of rotatable bonds is 15. The van der Waals surface area contributed by atoms with Crippen LogP contribution in [-0.2, 0) is 32.6 Å². The van der Waals surface area contributed by atoms with Crippen molar-refractivity contribution in [3.05, 3.63) is 124 Å². The molecule has 4 aromatic rings. The number of nitrogens with one attached hydrogen (secondary N) is 1. The van der Waals surface area contributed by atoms with E-state index in [0.29, 0.717) is 27.8 Å². The Morgan fingerprint density at radius 2 is 1.60 bits per heavy atom. The third-order valence-electron chi connectivity index (χ3n) is 7.70. The standard InChI is InChI=1S/C36H39Cl2N3O4S2/c1-4-5-21-39-36(43)34(22-27-9-7-6-8-10-27)40(24-28-13-14-29(37)23-33(28)38)35(42)25-41(30-15-11-26(2)12-16-30)47(44,45)32-19-17-31(46-3)18-20-32/h6-20,23,34H,4-5,21-22,24-25H2,1-3H3,(H,39,43). The third kappa shape index (κ3) is 9.76. The molecule has 0 fully saturated rings. The zero-order valence-electron chi connectivity index (χ0n) is 26.7. The van der Waals surface area contributed by atoms with Gasteiger partial charge in [-0.05, 0) is 79.3 Å². The van der Waals surface area contributed by atoms with Gasteiger partial charge in [0.05, 0.1) is 10.6 Å². The molecule has 1 N–H and O–H groups in total. The fraction of sp³-hybridized carbons (Fsp3) is 0.278. The second-order valence-corrected chi connectivity index (χ2v) is 14.7. The number of thioether (sulfide) groups is 1. The summed E-state index contributed by atoms with van der Waals surface area (Å²) >= 11 is 14.3. The largest absolute Gasteiger partial charge is 0.354 e. The van der Waals surface area contributed by atoms with Crippen molar-refractivity contribution in [2.75, 3.05) is 23.7 Å². The number of benzene rings is 4. The van der Waals surface area contributed by atoms with Gasteiger partial charge in [-0.1, -0.05) is 90.6 Å². The van der Waals surface area contributed by atoms with Crippen LogP contribution in [-0.4, -0.2) is 50.5 Å². The Morgan fingerprint density at radius 1 is 0.915 bits per heavy atom. The summed E-state index contributed by atoms with van der Waals surface area (Å²) < 4.78 is 29.6. The second kappa shape index (κ2) is 17.1. The van der Waals surface area contributed by atoms with Crippen LogP contribution in [0.3, 0.4) is 0 Å². The maximum atomic E-state index is 14.6. The summed E-state index contributed by atoms with van der Waals surface area (Å²) in [6.45, 7) is 3.78. The summed E-state index contributed by atoms with van der Waals surface area (Å²) in [7, 11) is -4.20. The number of sulfonamides is 1. The van der Waals surface area contributed by atoms with Gasteiger partial charge in [-0.25, -0.2) is 8.42 Å². The molecule has 1 atom stereocenters. The lowest BCUT2D eigenvalue weighted by Crippen LogP contribution is -2.53. The van der Waals surface area contributed by atoms with E-state index in [4.69, 9.17) is 23.2 Å². The van der Waals surface area contributed by atoms with Gasteiger partial charge in [-0.3, -0.25) is 13.9 Å². The molecular weight excluding hydrogens is 673 g/mol. The molecule has 4 aromatic carbocycles. The first-order valence-corrected chi connectivity index (χ1v) is 18.7. The second-order valence-electron chi connectivity index (χ2n) is 11.1. The van der Waals surface area contributed by atoms with Crippen molar-refractivity contribution in [2.45, 2.75) is 55.5 Å². The number of aryl methyl sites for hydroxylation is 1. The predicted octanol–water partition coefficient (Wildman–Crippen LogP) is 7.78. The maximum Gasteiger partial charge on any atom is 0.264 e. The number of carbonyl (C=O) groups is 2. The van der Waals surface area contributed by atoms with Gasteiger partial charge in [0.1, 0.15) is 12.6 Å². The molecule has 0 saturated heterocycles. The molecule has 11 heteroatoms. The molecule has 0 aliphatic carbocycles. The first kappa shape index (κ1) is 36.3. The van der Waals surface area contributed by atoms with E-state index in [9.17, 15) is 18.0 Å². The lowest BCUT2D eigenvalue weighted by atomic mass is 10.0. The van der Waals surface area contributed by atoms with E-state index in [-0.39, 0.29) is 23.8 Å². The van der Waals surface area contributed by atoms with Crippen molar-refractivity contribution >= 4 is 62.5 Å². The van der Waals surface area contributed by atoms with Gasteiger partial charge in [0, 0.05) is 34.5 Å². The SMILES string of the molecule is CCCCNC(=O)C(Cc1ccccc1)N(Cc1ccc(Cl)cc1Cl)C(=O)CN(c1ccc(C)cc1)S(=O)(=O)c1ccc(SC)cc1. The fourth-order valence-corrected chi connectivity index (χ4v) is 7.30. The van der Waals surface area contributed by atoms with Crippen LogP contribution in [0.4, 0.5) is 5.69 Å². The van der Waals surface area contributed by atoms with Crippen LogP contribution < -0.4 is 9.62 Å². The zero-order valence-corrected chi connectivity index (χ0v) is 29.8. The van der Waals surface area contributed by atoms with Gasteiger partial charge >= 0.3 is 0 Å². The zero-order chi connectivity index (χ0) is 34.0. The molecule has 0 aromatic heterocycles. The minimum absolute atomic E-state index is 0.0439. The van der Waals surface area contributed by atoms with Crippen LogP contribution in [0.25, 0.3) is 0 Å². The number of nitrogens with zero attached hydrogens (tertiary/aromatic N) is 2. The van der Waals surface area contributed by atoms with Gasteiger partial charge in [0.25, 0.3) is 10.0 Å². The normalized spacial score (nSPS) is 11.9. The van der Waals surface area contributed by atoms with Crippen molar-refractivity contribution in [1.29, 1.82) is 0 Å². The van der Waals surface area contributed by atoms with Gasteiger partial charge in [0.15, 0.2) is 0 Å². The first-order valence-electron chi connectivity index (χ1n) is 15.3. The number of hydrogen-bond acceptors (Lipinski definition) is 5. The Kier molecular flexibility index (Phi) is 13.2. The van der Waals surface area contributed by atoms with Gasteiger partial charge in [-0.2, -0.15) is 0 Å². The summed E-state index contributed by atoms with van der Waals surface area (Å²) in [4.78, 5) is 30.9. The van der Waals surface area contributed by atoms with Crippen molar-refractivity contribution in [3.63, 3.8) is 0 Å². The Morgan fingerprint density at radius 3 is 2.21 bits per heavy atom. The van der Waals surface area contributed by atoms with E-state index in [2.05, 4.69) is 5.32 Å². The number of hydrogen-bond donors (Lipinski definition) is 1. The Hall–Kier alpha value is -3.50. The Balaban J connectivity index is 1.80. The molecular formula is C36H39Cl2N3O4S2. The summed E-state index contributed by atoms with van der Waals surface area (Å²) in [6, 6.07) is 26.9. The van der Waals surface area contributed by atoms with E-state index in [1.807, 2.05) is 50.4 Å². The highest BCUT2D eigenvalue weighted by Crippen LogP contribution is 2.28. The van der Waals surface area contributed by atoms with Gasteiger partial charge in [-0.15, -0.1) is 11.8 Å². The van der Waals surface area contributed by atoms with Crippen LogP contribution in [0.1, 0.15) is 36.5 Å². The molecule has 4 rings (SSSR count). The number of anilines is 1. The Bertz CT molecular complexity index is 1750. The topological polar surface area (TPSA) is 86.8 Å². The predicted molar refractivity (Wildman–Crippen MR) is 193 cm³/mol. The molecule has 0 aliphatic rings. The molecule has 1 unspecified atom stereocenters. The molecule has 7 nitrogen and oxygen atoms in total. The monoisotopic (exact) mass is 711 g/mol. The van der Waals surface area contributed by atoms with Crippen LogP contribution in [0.5, 0.6) is 0 Å². The summed E-state index contributed by atoms with van der Waals surface area (Å²) in [5.41, 5.74) is 2.68. The van der Waals surface area contributed by atoms with Gasteiger partial charge < -0.3 is 10.2 Å². The number of halogens is 2. The molecule has 248 valence electrons. The highest BCUT2D eigenvalue weighted by molar-refractivity contribution is 7.98. The van der Waals surface area contributed by atoms with Crippen LogP contribution in [0.2, 0.25) is 10.0 Å². The number of carbonyl (C=O) groups excluding carboxylic acids is 2. The number of amides is 2. The maximum absolute atomic E-state index is 14.6. The van der Waals surface area contributed by atoms with E-state index in [0.717, 1.165) is 33.2 Å². The lowest BCUT2D eigenvalue weighted by molar-refractivity contribution is -0.140. The highest BCUT2D eigenvalue weighted by atomic mass is 35.5. The van der Waals surface area contributed by atoms with E-state index in [1.165, 1.54) is 28.8 Å². The molecule has 0 saturated carbocycles. The smallest absolute Gasteiger partial charge is 0.264 e. The summed E-state index contributed by atoms with van der Waals surface area (Å²) in [5, 5.41) is 3.75. The van der Waals surface area contributed by atoms with Crippen molar-refractivity contribution in [3.8, 4) is 0 Å². The third-order valence-corrected chi connectivity index (χ3v) is 10.8. The molecule has 47 heavy (non-hydrogen) atoms. The first-order chi connectivity index (χ1) is 22.5. The minimum Gasteiger partial charge on any atom is -0.354 e. The average molecular weight is 713 g/mol. The highest BCUT2D eigenvalue weighted by Gasteiger charge is 2.35. The fourth-order valence-electron chi connectivity index (χ4n) is 5.01. The van der Waals surface area contributed by atoms with Crippen LogP contribution >= 0.6 is 35.0 Å². The van der Waals surface area contributed by atoms with Crippen molar-refractivity contribution in [2.24, 2.45) is 0 Å². The van der Waals surface area contributed by atoms with E-state index >= 15 is 0 Å². The molecule has 0 bridgehead atoms. The molecule has 0 radical (unpaired) electrons. The van der Waals surface area contributed by atoms with Crippen LogP contribution in [0, 0.1) is 6.92 Å². The minimum atomic E-state index is -4.20. The molecule has 0 heterocycles. The number of unbranched alkanes of at least 4 members (excludes halogenated alkanes) is 1.